The Bertz CT molecular complexity index is 182. The van der Waals surface area contributed by atoms with Crippen LogP contribution in [0.1, 0.15) is 51.9 Å². The fourth-order valence-corrected chi connectivity index (χ4v) is 1.96. The lowest BCUT2D eigenvalue weighted by Crippen LogP contribution is -2.42. The summed E-state index contributed by atoms with van der Waals surface area (Å²) >= 11 is 0. The summed E-state index contributed by atoms with van der Waals surface area (Å²) in [7, 11) is 0. The van der Waals surface area contributed by atoms with Gasteiger partial charge < -0.3 is 10.4 Å². The number of hydrogen-bond acceptors (Lipinski definition) is 2. The van der Waals surface area contributed by atoms with E-state index in [1.807, 2.05) is 6.92 Å². The van der Waals surface area contributed by atoms with E-state index in [1.54, 1.807) is 0 Å². The van der Waals surface area contributed by atoms with E-state index >= 15 is 0 Å². The Balaban J connectivity index is 2.36. The van der Waals surface area contributed by atoms with Crippen LogP contribution in [0.3, 0.4) is 0 Å². The van der Waals surface area contributed by atoms with E-state index in [0.29, 0.717) is 6.42 Å². The van der Waals surface area contributed by atoms with Gasteiger partial charge in [0.2, 0.25) is 5.91 Å². The molecule has 1 fully saturated rings. The summed E-state index contributed by atoms with van der Waals surface area (Å²) in [4.78, 5) is 11.3. The van der Waals surface area contributed by atoms with Crippen molar-refractivity contribution in [1.82, 2.24) is 5.32 Å². The van der Waals surface area contributed by atoms with Crippen LogP contribution in [0.2, 0.25) is 0 Å². The van der Waals surface area contributed by atoms with Gasteiger partial charge in [-0.15, -0.1) is 0 Å². The van der Waals surface area contributed by atoms with E-state index in [1.165, 1.54) is 6.42 Å². The van der Waals surface area contributed by atoms with E-state index in [9.17, 15) is 9.90 Å². The van der Waals surface area contributed by atoms with Gasteiger partial charge in [0.05, 0.1) is 12.1 Å². The first-order valence-corrected chi connectivity index (χ1v) is 5.71. The molecule has 0 saturated heterocycles. The highest BCUT2D eigenvalue weighted by atomic mass is 16.3. The zero-order chi connectivity index (χ0) is 10.4. The largest absolute Gasteiger partial charge is 0.391 e. The fraction of sp³-hybridized carbons (Fsp3) is 0.909. The topological polar surface area (TPSA) is 49.3 Å². The molecule has 82 valence electrons. The molecule has 1 rings (SSSR count). The number of hydrogen-bond donors (Lipinski definition) is 2. The molecule has 0 aromatic rings. The molecule has 1 amide bonds. The normalized spacial score (nSPS) is 28.1. The lowest BCUT2D eigenvalue weighted by molar-refractivity contribution is -0.122. The molecule has 3 nitrogen and oxygen atoms in total. The Morgan fingerprint density at radius 1 is 1.36 bits per heavy atom. The first-order chi connectivity index (χ1) is 6.74. The van der Waals surface area contributed by atoms with Crippen LogP contribution in [0.15, 0.2) is 0 Å². The van der Waals surface area contributed by atoms with E-state index in [2.05, 4.69) is 5.32 Å². The Kier molecular flexibility index (Phi) is 4.94. The van der Waals surface area contributed by atoms with Crippen LogP contribution >= 0.6 is 0 Å². The van der Waals surface area contributed by atoms with Gasteiger partial charge in [-0.2, -0.15) is 0 Å². The second-order valence-electron chi connectivity index (χ2n) is 4.13. The number of aliphatic hydroxyl groups is 1. The average Bonchev–Trinajstić information content (AvgIpc) is 2.33. The molecule has 0 bridgehead atoms. The number of carbonyl (C=O) groups excluding carboxylic acids is 1. The van der Waals surface area contributed by atoms with Crippen molar-refractivity contribution in [3.63, 3.8) is 0 Å². The molecule has 1 aliphatic carbocycles. The average molecular weight is 199 g/mol. The van der Waals surface area contributed by atoms with Crippen molar-refractivity contribution in [3.8, 4) is 0 Å². The summed E-state index contributed by atoms with van der Waals surface area (Å²) in [6, 6.07) is -0.00319. The number of carbonyl (C=O) groups is 1. The molecule has 1 aliphatic rings. The fourth-order valence-electron chi connectivity index (χ4n) is 1.96. The lowest BCUT2D eigenvalue weighted by Gasteiger charge is -2.21. The van der Waals surface area contributed by atoms with Crippen molar-refractivity contribution in [2.75, 3.05) is 0 Å². The Hall–Kier alpha value is -0.570. The van der Waals surface area contributed by atoms with Gasteiger partial charge in [-0.25, -0.2) is 0 Å². The van der Waals surface area contributed by atoms with Crippen LogP contribution < -0.4 is 5.32 Å². The van der Waals surface area contributed by atoms with Gasteiger partial charge in [0, 0.05) is 6.42 Å². The van der Waals surface area contributed by atoms with Gasteiger partial charge in [0.1, 0.15) is 0 Å². The van der Waals surface area contributed by atoms with Gasteiger partial charge in [-0.3, -0.25) is 4.79 Å². The molecule has 2 unspecified atom stereocenters. The number of amides is 1. The molecule has 3 heteroatoms. The lowest BCUT2D eigenvalue weighted by atomic mass is 10.1. The molecule has 2 N–H and O–H groups in total. The molecule has 0 spiro atoms. The van der Waals surface area contributed by atoms with Crippen molar-refractivity contribution < 1.29 is 9.90 Å². The monoisotopic (exact) mass is 199 g/mol. The molecule has 0 aromatic carbocycles. The van der Waals surface area contributed by atoms with Gasteiger partial charge in [-0.05, 0) is 19.3 Å². The molecule has 1 saturated carbocycles. The standard InChI is InChI=1S/C11H21NO2/c1-2-6-11(14)12-9-7-4-3-5-8-10(9)13/h9-10,13H,2-8H2,1H3,(H,12,14). The maximum atomic E-state index is 11.3. The molecule has 0 radical (unpaired) electrons. The van der Waals surface area contributed by atoms with Gasteiger partial charge >= 0.3 is 0 Å². The Morgan fingerprint density at radius 3 is 2.79 bits per heavy atom. The number of nitrogens with one attached hydrogen (secondary N) is 1. The van der Waals surface area contributed by atoms with Gasteiger partial charge in [0.15, 0.2) is 0 Å². The van der Waals surface area contributed by atoms with Crippen molar-refractivity contribution in [2.24, 2.45) is 0 Å². The second-order valence-corrected chi connectivity index (χ2v) is 4.13. The zero-order valence-electron chi connectivity index (χ0n) is 8.96. The maximum Gasteiger partial charge on any atom is 0.220 e. The van der Waals surface area contributed by atoms with E-state index in [-0.39, 0.29) is 18.1 Å². The molecular formula is C11H21NO2. The van der Waals surface area contributed by atoms with Crippen LogP contribution in [0, 0.1) is 0 Å². The first kappa shape index (κ1) is 11.5. The van der Waals surface area contributed by atoms with Crippen LogP contribution in [0.25, 0.3) is 0 Å². The minimum absolute atomic E-state index is 0.00319. The van der Waals surface area contributed by atoms with E-state index in [4.69, 9.17) is 0 Å². The van der Waals surface area contributed by atoms with Crippen LogP contribution in [0.4, 0.5) is 0 Å². The first-order valence-electron chi connectivity index (χ1n) is 5.71. The summed E-state index contributed by atoms with van der Waals surface area (Å²) in [6.45, 7) is 1.99. The predicted molar refractivity (Wildman–Crippen MR) is 55.9 cm³/mol. The molecule has 0 aliphatic heterocycles. The third kappa shape index (κ3) is 3.66. The molecule has 0 aromatic heterocycles. The SMILES string of the molecule is CCCC(=O)NC1CCCCCC1O. The third-order valence-electron chi connectivity index (χ3n) is 2.80. The van der Waals surface area contributed by atoms with Crippen LogP contribution in [0.5, 0.6) is 0 Å². The quantitative estimate of drug-likeness (QED) is 0.678. The molecule has 14 heavy (non-hydrogen) atoms. The van der Waals surface area contributed by atoms with Gasteiger partial charge in [-0.1, -0.05) is 26.2 Å². The highest BCUT2D eigenvalue weighted by Gasteiger charge is 2.22. The zero-order valence-corrected chi connectivity index (χ0v) is 8.96. The summed E-state index contributed by atoms with van der Waals surface area (Å²) in [5.74, 6) is 0.0819. The van der Waals surface area contributed by atoms with Crippen molar-refractivity contribution in [2.45, 2.75) is 64.0 Å². The summed E-state index contributed by atoms with van der Waals surface area (Å²) in [5, 5.41) is 12.7. The van der Waals surface area contributed by atoms with Crippen molar-refractivity contribution >= 4 is 5.91 Å². The Morgan fingerprint density at radius 2 is 2.07 bits per heavy atom. The highest BCUT2D eigenvalue weighted by molar-refractivity contribution is 5.76. The molecular weight excluding hydrogens is 178 g/mol. The van der Waals surface area contributed by atoms with E-state index in [0.717, 1.165) is 32.1 Å². The minimum Gasteiger partial charge on any atom is -0.391 e. The highest BCUT2D eigenvalue weighted by Crippen LogP contribution is 2.18. The number of rotatable bonds is 3. The van der Waals surface area contributed by atoms with Gasteiger partial charge in [0.25, 0.3) is 0 Å². The van der Waals surface area contributed by atoms with Crippen LogP contribution in [-0.4, -0.2) is 23.2 Å². The maximum absolute atomic E-state index is 11.3. The summed E-state index contributed by atoms with van der Waals surface area (Å²) in [6.07, 6.45) is 6.25. The minimum atomic E-state index is -0.335. The third-order valence-corrected chi connectivity index (χ3v) is 2.80. The van der Waals surface area contributed by atoms with E-state index < -0.39 is 0 Å². The predicted octanol–water partition coefficient (Wildman–Crippen LogP) is 1.60. The number of aliphatic hydroxyl groups excluding tert-OH is 1. The van der Waals surface area contributed by atoms with Crippen molar-refractivity contribution in [3.05, 3.63) is 0 Å². The molecule has 0 heterocycles. The Labute approximate surface area is 85.9 Å². The smallest absolute Gasteiger partial charge is 0.220 e. The summed E-state index contributed by atoms with van der Waals surface area (Å²) in [5.41, 5.74) is 0. The molecule has 2 atom stereocenters. The van der Waals surface area contributed by atoms with Crippen LogP contribution in [-0.2, 0) is 4.79 Å². The summed E-state index contributed by atoms with van der Waals surface area (Å²) < 4.78 is 0. The second kappa shape index (κ2) is 6.02. The van der Waals surface area contributed by atoms with Crippen molar-refractivity contribution in [1.29, 1.82) is 0 Å².